The van der Waals surface area contributed by atoms with E-state index in [9.17, 15) is 13.2 Å². The van der Waals surface area contributed by atoms with E-state index >= 15 is 0 Å². The highest BCUT2D eigenvalue weighted by Crippen LogP contribution is 2.13. The van der Waals surface area contributed by atoms with Gasteiger partial charge < -0.3 is 5.32 Å². The first-order chi connectivity index (χ1) is 8.66. The summed E-state index contributed by atoms with van der Waals surface area (Å²) in [6, 6.07) is 0. The molecule has 0 spiro atoms. The third-order valence-electron chi connectivity index (χ3n) is 3.44. The second-order valence-electron chi connectivity index (χ2n) is 4.75. The number of hydrogen-bond acceptors (Lipinski definition) is 5. The smallest absolute Gasteiger partial charge is 0.234 e. The largest absolute Gasteiger partial charge is 0.354 e. The molecule has 2 aliphatic heterocycles. The van der Waals surface area contributed by atoms with Crippen LogP contribution in [0.15, 0.2) is 0 Å². The second-order valence-corrected chi connectivity index (χ2v) is 5.92. The van der Waals surface area contributed by atoms with Crippen molar-refractivity contribution in [3.05, 3.63) is 6.42 Å². The van der Waals surface area contributed by atoms with Crippen molar-refractivity contribution < 1.29 is 13.2 Å². The molecule has 0 aromatic heterocycles. The molecule has 1 radical (unpaired) electrons. The zero-order valence-electron chi connectivity index (χ0n) is 10.4. The number of nitrogens with one attached hydrogen (secondary N) is 1. The first-order valence-corrected chi connectivity index (χ1v) is 7.60. The molecule has 0 saturated carbocycles. The molecule has 1 atom stereocenters. The zero-order chi connectivity index (χ0) is 13.0. The number of likely N-dealkylation sites (tertiary alicyclic amines) is 1. The Hall–Kier alpha value is -0.660. The minimum Gasteiger partial charge on any atom is -0.354 e. The highest BCUT2D eigenvalue weighted by molar-refractivity contribution is 7.73. The molecule has 1 N–H and O–H groups in total. The van der Waals surface area contributed by atoms with Crippen LogP contribution in [0.1, 0.15) is 12.8 Å². The van der Waals surface area contributed by atoms with Gasteiger partial charge in [0.2, 0.25) is 5.91 Å². The van der Waals surface area contributed by atoms with E-state index in [-0.39, 0.29) is 5.91 Å². The van der Waals surface area contributed by atoms with Crippen molar-refractivity contribution >= 4 is 16.6 Å². The molecular formula is C11H20N3O3S. The molecule has 6 nitrogen and oxygen atoms in total. The maximum Gasteiger partial charge on any atom is 0.234 e. The van der Waals surface area contributed by atoms with E-state index in [0.29, 0.717) is 19.6 Å². The maximum absolute atomic E-state index is 11.4. The summed E-state index contributed by atoms with van der Waals surface area (Å²) in [5.74, 6) is -0.0203. The zero-order valence-corrected chi connectivity index (χ0v) is 11.3. The van der Waals surface area contributed by atoms with Gasteiger partial charge in [-0.1, -0.05) is 0 Å². The molecule has 2 rings (SSSR count). The molecule has 0 bridgehead atoms. The van der Waals surface area contributed by atoms with Crippen LogP contribution in [0.5, 0.6) is 0 Å². The molecule has 0 aromatic carbocycles. The Labute approximate surface area is 109 Å². The molecule has 1 amide bonds. The summed E-state index contributed by atoms with van der Waals surface area (Å²) in [5, 5.41) is 2.29. The van der Waals surface area contributed by atoms with Crippen molar-refractivity contribution in [3.63, 3.8) is 0 Å². The van der Waals surface area contributed by atoms with Gasteiger partial charge in [-0.2, -0.15) is 0 Å². The van der Waals surface area contributed by atoms with Crippen LogP contribution in [0, 0.1) is 6.42 Å². The quantitative estimate of drug-likeness (QED) is 0.621. The topological polar surface area (TPSA) is 69.7 Å². The fourth-order valence-electron chi connectivity index (χ4n) is 2.46. The van der Waals surface area contributed by atoms with Crippen LogP contribution in [-0.4, -0.2) is 68.8 Å². The van der Waals surface area contributed by atoms with Crippen LogP contribution >= 0.6 is 0 Å². The van der Waals surface area contributed by atoms with E-state index in [1.807, 2.05) is 9.80 Å². The van der Waals surface area contributed by atoms with Gasteiger partial charge in [0.25, 0.3) is 0 Å². The van der Waals surface area contributed by atoms with Crippen molar-refractivity contribution in [2.45, 2.75) is 18.2 Å². The average molecular weight is 274 g/mol. The summed E-state index contributed by atoms with van der Waals surface area (Å²) in [6.45, 7) is 3.67. The van der Waals surface area contributed by atoms with Crippen LogP contribution in [0.3, 0.4) is 0 Å². The van der Waals surface area contributed by atoms with Crippen molar-refractivity contribution in [1.29, 1.82) is 0 Å². The molecule has 0 aliphatic carbocycles. The molecule has 2 aliphatic rings. The number of carbonyl (C=O) groups is 1. The van der Waals surface area contributed by atoms with Crippen molar-refractivity contribution in [3.8, 4) is 0 Å². The summed E-state index contributed by atoms with van der Waals surface area (Å²) in [5.41, 5.74) is 0. The number of hydrogen-bond donors (Lipinski definition) is 2. The Bertz CT molecular complexity index is 359. The summed E-state index contributed by atoms with van der Waals surface area (Å²) >= 11 is 0. The fourth-order valence-corrected chi connectivity index (χ4v) is 3.32. The Balaban J connectivity index is 1.94. The Morgan fingerprint density at radius 1 is 1.28 bits per heavy atom. The van der Waals surface area contributed by atoms with Crippen molar-refractivity contribution in [2.24, 2.45) is 0 Å². The SMILES string of the molecule is O=C1CN(CC(N2CC[CH]CC2)[SH](=O)=O)CCN1. The van der Waals surface area contributed by atoms with Crippen LogP contribution in [0.25, 0.3) is 0 Å². The summed E-state index contributed by atoms with van der Waals surface area (Å²) in [4.78, 5) is 15.2. The summed E-state index contributed by atoms with van der Waals surface area (Å²) < 4.78 is 22.8. The highest BCUT2D eigenvalue weighted by Gasteiger charge is 2.27. The molecular weight excluding hydrogens is 254 g/mol. The van der Waals surface area contributed by atoms with Gasteiger partial charge in [0.1, 0.15) is 5.37 Å². The third kappa shape index (κ3) is 3.66. The maximum atomic E-state index is 11.4. The lowest BCUT2D eigenvalue weighted by Crippen LogP contribution is -2.53. The number of piperazine rings is 1. The van der Waals surface area contributed by atoms with Gasteiger partial charge in [0.05, 0.1) is 6.54 Å². The van der Waals surface area contributed by atoms with Gasteiger partial charge in [-0.05, 0) is 32.4 Å². The van der Waals surface area contributed by atoms with Gasteiger partial charge in [0, 0.05) is 19.6 Å². The van der Waals surface area contributed by atoms with E-state index < -0.39 is 16.1 Å². The highest BCUT2D eigenvalue weighted by atomic mass is 32.2. The molecule has 2 heterocycles. The number of carbonyl (C=O) groups excluding carboxylic acids is 1. The monoisotopic (exact) mass is 274 g/mol. The summed E-state index contributed by atoms with van der Waals surface area (Å²) in [6.07, 6.45) is 4.08. The Morgan fingerprint density at radius 2 is 2.00 bits per heavy atom. The van der Waals surface area contributed by atoms with E-state index in [1.165, 1.54) is 0 Å². The number of nitrogens with zero attached hydrogens (tertiary/aromatic N) is 2. The molecule has 0 aromatic rings. The van der Waals surface area contributed by atoms with Gasteiger partial charge in [-0.15, -0.1) is 0 Å². The van der Waals surface area contributed by atoms with Crippen molar-refractivity contribution in [2.75, 3.05) is 39.3 Å². The number of amides is 1. The van der Waals surface area contributed by atoms with Crippen molar-refractivity contribution in [1.82, 2.24) is 15.1 Å². The van der Waals surface area contributed by atoms with Gasteiger partial charge in [-0.3, -0.25) is 14.6 Å². The van der Waals surface area contributed by atoms with E-state index in [0.717, 1.165) is 32.5 Å². The standard InChI is InChI=1S/C11H20N3O3S/c15-10-8-13(7-4-12-10)9-11(18(16)17)14-5-2-1-3-6-14/h1,11,18H,2-9H2,(H,12,15). The Kier molecular flexibility index (Phi) is 4.96. The summed E-state index contributed by atoms with van der Waals surface area (Å²) in [7, 11) is -2.49. The number of thiol groups is 1. The molecule has 18 heavy (non-hydrogen) atoms. The lowest BCUT2D eigenvalue weighted by Gasteiger charge is -2.35. The van der Waals surface area contributed by atoms with Crippen LogP contribution in [-0.2, 0) is 15.5 Å². The molecule has 2 fully saturated rings. The van der Waals surface area contributed by atoms with E-state index in [1.54, 1.807) is 0 Å². The second kappa shape index (κ2) is 6.49. The van der Waals surface area contributed by atoms with E-state index in [2.05, 4.69) is 11.7 Å². The minimum atomic E-state index is -2.49. The number of rotatable bonds is 4. The van der Waals surface area contributed by atoms with Gasteiger partial charge in [0.15, 0.2) is 10.7 Å². The molecule has 103 valence electrons. The van der Waals surface area contributed by atoms with Gasteiger partial charge in [-0.25, -0.2) is 8.42 Å². The first-order valence-electron chi connectivity index (χ1n) is 6.35. The van der Waals surface area contributed by atoms with E-state index in [4.69, 9.17) is 0 Å². The lowest BCUT2D eigenvalue weighted by molar-refractivity contribution is -0.124. The molecule has 7 heteroatoms. The predicted octanol–water partition coefficient (Wildman–Crippen LogP) is -1.34. The van der Waals surface area contributed by atoms with Crippen LogP contribution < -0.4 is 5.32 Å². The van der Waals surface area contributed by atoms with Crippen LogP contribution in [0.4, 0.5) is 0 Å². The molecule has 2 saturated heterocycles. The molecule has 1 unspecified atom stereocenters. The first kappa shape index (κ1) is 13.8. The predicted molar refractivity (Wildman–Crippen MR) is 68.7 cm³/mol. The number of piperidine rings is 1. The average Bonchev–Trinajstić information content (AvgIpc) is 2.37. The normalized spacial score (nSPS) is 25.1. The third-order valence-corrected chi connectivity index (χ3v) is 4.42. The minimum absolute atomic E-state index is 0.0203. The fraction of sp³-hybridized carbons (Fsp3) is 0.818. The Morgan fingerprint density at radius 3 is 2.61 bits per heavy atom. The lowest BCUT2D eigenvalue weighted by atomic mass is 10.1. The van der Waals surface area contributed by atoms with Gasteiger partial charge >= 0.3 is 0 Å². The van der Waals surface area contributed by atoms with Crippen LogP contribution in [0.2, 0.25) is 0 Å².